The minimum Gasteiger partial charge on any atom is -0.394 e. The Labute approximate surface area is 146 Å². The Bertz CT molecular complexity index is 556. The zero-order chi connectivity index (χ0) is 16.8. The quantitative estimate of drug-likeness (QED) is 0.428. The predicted molar refractivity (Wildman–Crippen MR) is 95.1 cm³/mol. The number of thioether (sulfide) groups is 1. The molecule has 1 aromatic rings. The maximum atomic E-state index is 9.97. The lowest BCUT2D eigenvalue weighted by Gasteiger charge is -2.32. The lowest BCUT2D eigenvalue weighted by Crippen LogP contribution is -2.33. The fourth-order valence-electron chi connectivity index (χ4n) is 2.70. The van der Waals surface area contributed by atoms with Gasteiger partial charge in [-0.2, -0.15) is 5.10 Å². The summed E-state index contributed by atoms with van der Waals surface area (Å²) in [6, 6.07) is 5.76. The molecule has 3 N–H and O–H groups in total. The van der Waals surface area contributed by atoms with Crippen LogP contribution in [0.2, 0.25) is 5.02 Å². The molecule has 0 spiro atoms. The van der Waals surface area contributed by atoms with E-state index in [0.717, 1.165) is 16.2 Å². The van der Waals surface area contributed by atoms with Crippen LogP contribution in [0, 0.1) is 0 Å². The predicted octanol–water partition coefficient (Wildman–Crippen LogP) is 2.35. The van der Waals surface area contributed by atoms with Crippen LogP contribution >= 0.6 is 23.4 Å². The van der Waals surface area contributed by atoms with Crippen molar-refractivity contribution in [3.05, 3.63) is 34.3 Å². The van der Waals surface area contributed by atoms with Crippen LogP contribution in [0.4, 0.5) is 0 Å². The normalized spacial score (nSPS) is 25.4. The summed E-state index contributed by atoms with van der Waals surface area (Å²) in [5.41, 5.74) is 4.73. The standard InChI is InChI=1S/C16H23ClN2O3S/c1-18-19-16(23-2)6-11-5-10(3-4-14(11)17)15-8-12(21)7-13(9-20)22-15/h3-5,12-13,15,18,20-21H,6-9H2,1-2H3/b19-16-. The smallest absolute Gasteiger partial charge is 0.0972 e. The van der Waals surface area contributed by atoms with Gasteiger partial charge in [0.1, 0.15) is 0 Å². The third-order valence-electron chi connectivity index (χ3n) is 3.84. The Morgan fingerprint density at radius 3 is 2.91 bits per heavy atom. The summed E-state index contributed by atoms with van der Waals surface area (Å²) in [6.45, 7) is -0.0839. The third kappa shape index (κ3) is 5.09. The van der Waals surface area contributed by atoms with Crippen molar-refractivity contribution in [2.75, 3.05) is 19.9 Å². The largest absolute Gasteiger partial charge is 0.394 e. The number of aliphatic hydroxyl groups is 2. The minimum atomic E-state index is -0.461. The molecule has 1 aliphatic heterocycles. The number of halogens is 1. The molecular formula is C16H23ClN2O3S. The second-order valence-corrected chi connectivity index (χ2v) is 6.80. The first-order chi connectivity index (χ1) is 11.1. The molecule has 0 radical (unpaired) electrons. The Morgan fingerprint density at radius 2 is 2.26 bits per heavy atom. The number of ether oxygens (including phenoxy) is 1. The van der Waals surface area contributed by atoms with E-state index < -0.39 is 6.10 Å². The molecule has 1 aliphatic rings. The molecule has 128 valence electrons. The summed E-state index contributed by atoms with van der Waals surface area (Å²) >= 11 is 7.87. The molecule has 0 aliphatic carbocycles. The molecule has 0 aromatic heterocycles. The topological polar surface area (TPSA) is 74.1 Å². The van der Waals surface area contributed by atoms with E-state index in [-0.39, 0.29) is 18.8 Å². The van der Waals surface area contributed by atoms with E-state index in [1.54, 1.807) is 18.8 Å². The van der Waals surface area contributed by atoms with Gasteiger partial charge in [-0.3, -0.25) is 0 Å². The number of nitrogens with one attached hydrogen (secondary N) is 1. The van der Waals surface area contributed by atoms with Gasteiger partial charge >= 0.3 is 0 Å². The van der Waals surface area contributed by atoms with Crippen molar-refractivity contribution in [1.82, 2.24) is 5.43 Å². The molecule has 2 rings (SSSR count). The number of hydrogen-bond acceptors (Lipinski definition) is 6. The lowest BCUT2D eigenvalue weighted by molar-refractivity contribution is -0.113. The highest BCUT2D eigenvalue weighted by molar-refractivity contribution is 8.13. The molecule has 7 heteroatoms. The molecule has 1 aromatic carbocycles. The molecule has 5 nitrogen and oxygen atoms in total. The zero-order valence-electron chi connectivity index (χ0n) is 13.3. The van der Waals surface area contributed by atoms with Crippen molar-refractivity contribution in [2.45, 2.75) is 37.6 Å². The monoisotopic (exact) mass is 358 g/mol. The van der Waals surface area contributed by atoms with E-state index in [1.807, 2.05) is 24.5 Å². The number of hydrogen-bond donors (Lipinski definition) is 3. The summed E-state index contributed by atoms with van der Waals surface area (Å²) in [5.74, 6) is 0. The van der Waals surface area contributed by atoms with E-state index in [9.17, 15) is 10.2 Å². The summed E-state index contributed by atoms with van der Waals surface area (Å²) in [7, 11) is 1.76. The molecule has 0 bridgehead atoms. The third-order valence-corrected chi connectivity index (χ3v) is 4.91. The molecule has 0 amide bonds. The van der Waals surface area contributed by atoms with Crippen LogP contribution < -0.4 is 5.43 Å². The molecule has 1 heterocycles. The van der Waals surface area contributed by atoms with Crippen LogP contribution in [0.25, 0.3) is 0 Å². The zero-order valence-corrected chi connectivity index (χ0v) is 14.9. The van der Waals surface area contributed by atoms with Gasteiger partial charge in [0.05, 0.1) is 30.0 Å². The summed E-state index contributed by atoms with van der Waals surface area (Å²) in [5, 5.41) is 25.1. The van der Waals surface area contributed by atoms with E-state index in [2.05, 4.69) is 10.5 Å². The maximum absolute atomic E-state index is 9.97. The fraction of sp³-hybridized carbons (Fsp3) is 0.562. The highest BCUT2D eigenvalue weighted by atomic mass is 35.5. The van der Waals surface area contributed by atoms with Gasteiger partial charge in [-0.05, 0) is 23.4 Å². The molecular weight excluding hydrogens is 336 g/mol. The summed E-state index contributed by atoms with van der Waals surface area (Å²) in [4.78, 5) is 0. The van der Waals surface area contributed by atoms with Crippen molar-refractivity contribution in [3.8, 4) is 0 Å². The Hall–Kier alpha value is -0.790. The molecule has 1 fully saturated rings. The molecule has 23 heavy (non-hydrogen) atoms. The van der Waals surface area contributed by atoms with Crippen molar-refractivity contribution in [1.29, 1.82) is 0 Å². The highest BCUT2D eigenvalue weighted by Crippen LogP contribution is 2.33. The molecule has 0 saturated carbocycles. The van der Waals surface area contributed by atoms with Crippen molar-refractivity contribution in [2.24, 2.45) is 5.10 Å². The van der Waals surface area contributed by atoms with Crippen molar-refractivity contribution < 1.29 is 14.9 Å². The summed E-state index contributed by atoms with van der Waals surface area (Å²) < 4.78 is 5.86. The minimum absolute atomic E-state index is 0.0839. The Morgan fingerprint density at radius 1 is 1.48 bits per heavy atom. The molecule has 1 saturated heterocycles. The summed E-state index contributed by atoms with van der Waals surface area (Å²) in [6.07, 6.45) is 2.59. The number of aliphatic hydroxyl groups excluding tert-OH is 2. The molecule has 3 unspecified atom stereocenters. The second kappa shape index (κ2) is 8.89. The van der Waals surface area contributed by atoms with Crippen LogP contribution in [0.1, 0.15) is 30.1 Å². The first kappa shape index (κ1) is 18.5. The second-order valence-electron chi connectivity index (χ2n) is 5.52. The maximum Gasteiger partial charge on any atom is 0.0972 e. The van der Waals surface area contributed by atoms with Gasteiger partial charge in [0.2, 0.25) is 0 Å². The number of nitrogens with zero attached hydrogens (tertiary/aromatic N) is 1. The van der Waals surface area contributed by atoms with Crippen LogP contribution in [0.3, 0.4) is 0 Å². The molecule has 3 atom stereocenters. The van der Waals surface area contributed by atoms with Crippen molar-refractivity contribution >= 4 is 28.4 Å². The Balaban J connectivity index is 2.20. The first-order valence-corrected chi connectivity index (χ1v) is 9.17. The number of rotatable bonds is 5. The van der Waals surface area contributed by atoms with Crippen molar-refractivity contribution in [3.63, 3.8) is 0 Å². The van der Waals surface area contributed by atoms with Gasteiger partial charge in [-0.25, -0.2) is 0 Å². The van der Waals surface area contributed by atoms with Gasteiger partial charge in [0.15, 0.2) is 0 Å². The van der Waals surface area contributed by atoms with Crippen LogP contribution in [-0.4, -0.2) is 47.4 Å². The van der Waals surface area contributed by atoms with E-state index in [4.69, 9.17) is 16.3 Å². The van der Waals surface area contributed by atoms with Gasteiger partial charge in [0, 0.05) is 31.3 Å². The van der Waals surface area contributed by atoms with Crippen LogP contribution in [0.5, 0.6) is 0 Å². The number of hydrazone groups is 1. The lowest BCUT2D eigenvalue weighted by atomic mass is 9.95. The average Bonchev–Trinajstić information content (AvgIpc) is 2.55. The van der Waals surface area contributed by atoms with Crippen LogP contribution in [0.15, 0.2) is 23.3 Å². The fourth-order valence-corrected chi connectivity index (χ4v) is 3.36. The first-order valence-electron chi connectivity index (χ1n) is 7.57. The van der Waals surface area contributed by atoms with Gasteiger partial charge in [0.25, 0.3) is 0 Å². The highest BCUT2D eigenvalue weighted by Gasteiger charge is 2.29. The Kier molecular flexibility index (Phi) is 7.17. The van der Waals surface area contributed by atoms with E-state index >= 15 is 0 Å². The van der Waals surface area contributed by atoms with Gasteiger partial charge < -0.3 is 20.4 Å². The van der Waals surface area contributed by atoms with Gasteiger partial charge in [-0.15, -0.1) is 11.8 Å². The average molecular weight is 359 g/mol. The van der Waals surface area contributed by atoms with Gasteiger partial charge in [-0.1, -0.05) is 23.7 Å². The van der Waals surface area contributed by atoms with E-state index in [1.165, 1.54) is 0 Å². The van der Waals surface area contributed by atoms with Crippen LogP contribution in [-0.2, 0) is 11.2 Å². The van der Waals surface area contributed by atoms with E-state index in [0.29, 0.717) is 24.3 Å². The SMILES string of the molecule is CN/N=C(/Cc1cc(C2CC(O)CC(CO)O2)ccc1Cl)SC. The number of benzene rings is 1.